The van der Waals surface area contributed by atoms with E-state index in [2.05, 4.69) is 5.29 Å². The molecule has 0 aromatic heterocycles. The molecule has 0 aliphatic carbocycles. The van der Waals surface area contributed by atoms with Crippen LogP contribution in [0, 0.1) is 4.91 Å². The average Bonchev–Trinajstić information content (AvgIpc) is 2.30. The predicted molar refractivity (Wildman–Crippen MR) is 41.0 cm³/mol. The Labute approximate surface area is 67.7 Å². The monoisotopic (exact) mass is 176 g/mol. The van der Waals surface area contributed by atoms with E-state index in [1.807, 2.05) is 0 Å². The predicted octanol–water partition coefficient (Wildman–Crippen LogP) is 0.516. The summed E-state index contributed by atoms with van der Waals surface area (Å²) in [5.74, 6) is -0.359. The molecule has 6 heteroatoms. The normalized spacial score (nSPS) is 30.5. The standard InChI is InChI=1S/C5H8N2O3S/c1-3-2-11-4(5(8)9)7(3)6-10/h3-4H,2H2,1H3,(H,8,9). The fourth-order valence-corrected chi connectivity index (χ4v) is 2.08. The highest BCUT2D eigenvalue weighted by Crippen LogP contribution is 2.28. The van der Waals surface area contributed by atoms with Crippen LogP contribution in [-0.2, 0) is 4.79 Å². The molecule has 0 radical (unpaired) electrons. The Morgan fingerprint density at radius 2 is 2.45 bits per heavy atom. The van der Waals surface area contributed by atoms with Crippen molar-refractivity contribution in [1.29, 1.82) is 0 Å². The number of carboxylic acids is 1. The van der Waals surface area contributed by atoms with Crippen molar-refractivity contribution in [3.8, 4) is 0 Å². The van der Waals surface area contributed by atoms with E-state index in [4.69, 9.17) is 5.11 Å². The molecule has 2 unspecified atom stereocenters. The van der Waals surface area contributed by atoms with Crippen LogP contribution in [0.15, 0.2) is 5.29 Å². The Balaban J connectivity index is 2.68. The van der Waals surface area contributed by atoms with E-state index in [1.165, 1.54) is 11.8 Å². The van der Waals surface area contributed by atoms with Crippen LogP contribution in [0.3, 0.4) is 0 Å². The van der Waals surface area contributed by atoms with E-state index in [0.29, 0.717) is 5.75 Å². The van der Waals surface area contributed by atoms with E-state index in [9.17, 15) is 9.70 Å². The maximum absolute atomic E-state index is 10.5. The van der Waals surface area contributed by atoms with E-state index in [-0.39, 0.29) is 6.04 Å². The number of hydrogen-bond donors (Lipinski definition) is 1. The van der Waals surface area contributed by atoms with Crippen molar-refractivity contribution in [2.75, 3.05) is 5.75 Å². The number of aliphatic carboxylic acids is 1. The lowest BCUT2D eigenvalue weighted by Gasteiger charge is -2.15. The number of rotatable bonds is 2. The number of hydrogen-bond acceptors (Lipinski definition) is 4. The third kappa shape index (κ3) is 1.45. The summed E-state index contributed by atoms with van der Waals surface area (Å²) in [6.07, 6.45) is 0. The van der Waals surface area contributed by atoms with Gasteiger partial charge in [-0.05, 0) is 6.92 Å². The van der Waals surface area contributed by atoms with Gasteiger partial charge in [0.1, 0.15) is 0 Å². The third-order valence-corrected chi connectivity index (χ3v) is 2.90. The van der Waals surface area contributed by atoms with E-state index >= 15 is 0 Å². The van der Waals surface area contributed by atoms with Crippen molar-refractivity contribution < 1.29 is 9.90 Å². The molecule has 0 bridgehead atoms. The van der Waals surface area contributed by atoms with Gasteiger partial charge < -0.3 is 5.11 Å². The van der Waals surface area contributed by atoms with E-state index in [1.54, 1.807) is 6.92 Å². The minimum atomic E-state index is -1.00. The Morgan fingerprint density at radius 1 is 1.82 bits per heavy atom. The third-order valence-electron chi connectivity index (χ3n) is 1.49. The molecule has 2 atom stereocenters. The molecular formula is C5H8N2O3S. The Bertz CT molecular complexity index is 187. The second-order valence-corrected chi connectivity index (χ2v) is 3.45. The highest BCUT2D eigenvalue weighted by atomic mass is 32.2. The number of nitroso groups, excluding NO2 is 1. The second-order valence-electron chi connectivity index (χ2n) is 2.33. The van der Waals surface area contributed by atoms with Crippen molar-refractivity contribution in [1.82, 2.24) is 5.01 Å². The molecule has 0 aromatic rings. The number of thioether (sulfide) groups is 1. The van der Waals surface area contributed by atoms with Gasteiger partial charge in [-0.2, -0.15) is 0 Å². The first-order valence-corrected chi connectivity index (χ1v) is 4.17. The average molecular weight is 176 g/mol. The van der Waals surface area contributed by atoms with Gasteiger partial charge in [-0.25, -0.2) is 9.80 Å². The van der Waals surface area contributed by atoms with Crippen molar-refractivity contribution in [2.45, 2.75) is 18.3 Å². The fraction of sp³-hybridized carbons (Fsp3) is 0.800. The van der Waals surface area contributed by atoms with Crippen LogP contribution in [0.5, 0.6) is 0 Å². The summed E-state index contributed by atoms with van der Waals surface area (Å²) in [4.78, 5) is 20.6. The van der Waals surface area contributed by atoms with Gasteiger partial charge >= 0.3 is 5.97 Å². The smallest absolute Gasteiger partial charge is 0.338 e. The number of carboxylic acid groups (broad SMARTS) is 1. The molecule has 0 aromatic carbocycles. The summed E-state index contributed by atoms with van der Waals surface area (Å²) in [6, 6.07) is -0.0707. The molecule has 5 nitrogen and oxygen atoms in total. The fourth-order valence-electron chi connectivity index (χ4n) is 0.922. The molecule has 11 heavy (non-hydrogen) atoms. The molecule has 1 heterocycles. The molecule has 62 valence electrons. The van der Waals surface area contributed by atoms with Crippen molar-refractivity contribution >= 4 is 17.7 Å². The van der Waals surface area contributed by atoms with Gasteiger partial charge in [-0.15, -0.1) is 16.7 Å². The summed E-state index contributed by atoms with van der Waals surface area (Å²) >= 11 is 1.22. The maximum Gasteiger partial charge on any atom is 0.338 e. The molecule has 0 spiro atoms. The van der Waals surface area contributed by atoms with Crippen LogP contribution < -0.4 is 0 Å². The molecule has 1 aliphatic rings. The highest BCUT2D eigenvalue weighted by molar-refractivity contribution is 8.00. The SMILES string of the molecule is CC1CSC(C(=O)O)N1N=O. The molecule has 1 N–H and O–H groups in total. The summed E-state index contributed by atoms with van der Waals surface area (Å²) < 4.78 is 0. The molecular weight excluding hydrogens is 168 g/mol. The van der Waals surface area contributed by atoms with Crippen LogP contribution in [0.2, 0.25) is 0 Å². The number of carbonyl (C=O) groups is 1. The topological polar surface area (TPSA) is 70.0 Å². The van der Waals surface area contributed by atoms with Crippen LogP contribution >= 0.6 is 11.8 Å². The Hall–Kier alpha value is -0.780. The van der Waals surface area contributed by atoms with Gasteiger partial charge in [0.25, 0.3) is 0 Å². The van der Waals surface area contributed by atoms with Crippen LogP contribution in [0.25, 0.3) is 0 Å². The minimum Gasteiger partial charge on any atom is -0.479 e. The maximum atomic E-state index is 10.5. The lowest BCUT2D eigenvalue weighted by atomic mass is 10.4. The Morgan fingerprint density at radius 3 is 2.82 bits per heavy atom. The highest BCUT2D eigenvalue weighted by Gasteiger charge is 2.36. The van der Waals surface area contributed by atoms with Crippen molar-refractivity contribution in [3.05, 3.63) is 4.91 Å². The molecule has 1 rings (SSSR count). The van der Waals surface area contributed by atoms with Gasteiger partial charge in [0, 0.05) is 5.75 Å². The molecule has 1 saturated heterocycles. The molecule has 0 amide bonds. The van der Waals surface area contributed by atoms with Gasteiger partial charge in [0.2, 0.25) is 0 Å². The lowest BCUT2D eigenvalue weighted by Crippen LogP contribution is -2.34. The lowest BCUT2D eigenvalue weighted by molar-refractivity contribution is -0.139. The first-order valence-electron chi connectivity index (χ1n) is 3.13. The summed E-state index contributed by atoms with van der Waals surface area (Å²) in [6.45, 7) is 1.78. The van der Waals surface area contributed by atoms with Crippen LogP contribution in [0.4, 0.5) is 0 Å². The second kappa shape index (κ2) is 3.08. The summed E-state index contributed by atoms with van der Waals surface area (Å²) in [5.41, 5.74) is 0. The van der Waals surface area contributed by atoms with Crippen LogP contribution in [0.1, 0.15) is 6.92 Å². The first kappa shape index (κ1) is 8.32. The van der Waals surface area contributed by atoms with E-state index in [0.717, 1.165) is 5.01 Å². The van der Waals surface area contributed by atoms with Crippen LogP contribution in [-0.4, -0.2) is 33.3 Å². The summed E-state index contributed by atoms with van der Waals surface area (Å²) in [7, 11) is 0. The van der Waals surface area contributed by atoms with Gasteiger partial charge in [-0.3, -0.25) is 0 Å². The molecule has 1 aliphatic heterocycles. The largest absolute Gasteiger partial charge is 0.479 e. The van der Waals surface area contributed by atoms with E-state index < -0.39 is 11.3 Å². The zero-order chi connectivity index (χ0) is 8.43. The van der Waals surface area contributed by atoms with Crippen molar-refractivity contribution in [3.63, 3.8) is 0 Å². The van der Waals surface area contributed by atoms with Crippen molar-refractivity contribution in [2.24, 2.45) is 5.29 Å². The zero-order valence-electron chi connectivity index (χ0n) is 5.93. The quantitative estimate of drug-likeness (QED) is 0.621. The number of nitrogens with zero attached hydrogens (tertiary/aromatic N) is 2. The first-order chi connectivity index (χ1) is 5.16. The van der Waals surface area contributed by atoms with Gasteiger partial charge in [0.15, 0.2) is 5.37 Å². The summed E-state index contributed by atoms with van der Waals surface area (Å²) in [5, 5.41) is 11.5. The molecule has 0 saturated carbocycles. The Kier molecular flexibility index (Phi) is 2.33. The minimum absolute atomic E-state index is 0.0707. The zero-order valence-corrected chi connectivity index (χ0v) is 6.74. The van der Waals surface area contributed by atoms with Gasteiger partial charge in [0.05, 0.1) is 11.3 Å². The molecule has 1 fully saturated rings. The van der Waals surface area contributed by atoms with Gasteiger partial charge in [-0.1, -0.05) is 0 Å².